The maximum atomic E-state index is 12.4. The standard InChI is InChI=1S/C19H15N3O3/c23-18(17-11-13-3-1-2-4-16(13)19(24)25-17)21-14-5-7-15(8-6-14)22-10-9-20-12-22/h1-10,12,17H,11H2,(H,21,23). The molecule has 2 aromatic carbocycles. The van der Waals surface area contributed by atoms with Crippen molar-refractivity contribution in [2.45, 2.75) is 12.5 Å². The monoisotopic (exact) mass is 333 g/mol. The van der Waals surface area contributed by atoms with Crippen molar-refractivity contribution < 1.29 is 14.3 Å². The molecule has 1 aliphatic heterocycles. The number of benzene rings is 2. The van der Waals surface area contributed by atoms with E-state index in [-0.39, 0.29) is 5.91 Å². The maximum Gasteiger partial charge on any atom is 0.339 e. The first-order chi connectivity index (χ1) is 12.2. The summed E-state index contributed by atoms with van der Waals surface area (Å²) in [6.45, 7) is 0. The van der Waals surface area contributed by atoms with Crippen LogP contribution in [0.25, 0.3) is 5.69 Å². The van der Waals surface area contributed by atoms with Crippen LogP contribution in [0.4, 0.5) is 5.69 Å². The van der Waals surface area contributed by atoms with Crippen molar-refractivity contribution in [2.24, 2.45) is 0 Å². The Hall–Kier alpha value is -3.41. The van der Waals surface area contributed by atoms with Crippen molar-refractivity contribution in [3.63, 3.8) is 0 Å². The molecule has 1 aromatic heterocycles. The van der Waals surface area contributed by atoms with Crippen LogP contribution in [0, 0.1) is 0 Å². The summed E-state index contributed by atoms with van der Waals surface area (Å²) in [5, 5.41) is 2.79. The van der Waals surface area contributed by atoms with Crippen LogP contribution in [0.2, 0.25) is 0 Å². The minimum absolute atomic E-state index is 0.335. The first kappa shape index (κ1) is 15.1. The van der Waals surface area contributed by atoms with Crippen LogP contribution in [0.5, 0.6) is 0 Å². The molecule has 1 atom stereocenters. The first-order valence-electron chi connectivity index (χ1n) is 7.89. The molecule has 6 heteroatoms. The van der Waals surface area contributed by atoms with E-state index >= 15 is 0 Å². The molecule has 3 aromatic rings. The van der Waals surface area contributed by atoms with Crippen molar-refractivity contribution in [3.8, 4) is 5.69 Å². The van der Waals surface area contributed by atoms with Gasteiger partial charge in [-0.3, -0.25) is 4.79 Å². The van der Waals surface area contributed by atoms with Crippen LogP contribution in [0.15, 0.2) is 67.3 Å². The van der Waals surface area contributed by atoms with Crippen LogP contribution in [0.3, 0.4) is 0 Å². The number of aromatic nitrogens is 2. The van der Waals surface area contributed by atoms with Gasteiger partial charge in [-0.05, 0) is 35.9 Å². The molecule has 1 amide bonds. The molecular formula is C19H15N3O3. The number of imidazole rings is 1. The number of esters is 1. The average molecular weight is 333 g/mol. The van der Waals surface area contributed by atoms with Gasteiger partial charge in [0, 0.05) is 30.2 Å². The maximum absolute atomic E-state index is 12.4. The van der Waals surface area contributed by atoms with Crippen LogP contribution in [-0.4, -0.2) is 27.5 Å². The molecule has 0 radical (unpaired) electrons. The van der Waals surface area contributed by atoms with Crippen molar-refractivity contribution >= 4 is 17.6 Å². The number of hydrogen-bond donors (Lipinski definition) is 1. The molecule has 4 rings (SSSR count). The van der Waals surface area contributed by atoms with Gasteiger partial charge in [0.25, 0.3) is 5.91 Å². The van der Waals surface area contributed by atoms with E-state index < -0.39 is 12.1 Å². The second kappa shape index (κ2) is 6.24. The fraction of sp³-hybridized carbons (Fsp3) is 0.105. The number of nitrogens with one attached hydrogen (secondary N) is 1. The topological polar surface area (TPSA) is 73.2 Å². The van der Waals surface area contributed by atoms with Crippen LogP contribution in [-0.2, 0) is 16.0 Å². The van der Waals surface area contributed by atoms with E-state index in [9.17, 15) is 9.59 Å². The number of anilines is 1. The Morgan fingerprint density at radius 3 is 2.72 bits per heavy atom. The quantitative estimate of drug-likeness (QED) is 0.748. The molecule has 0 aliphatic carbocycles. The Kier molecular flexibility index (Phi) is 3.78. The van der Waals surface area contributed by atoms with E-state index in [1.54, 1.807) is 36.8 Å². The third-order valence-corrected chi connectivity index (χ3v) is 4.12. The molecule has 6 nitrogen and oxygen atoms in total. The Labute approximate surface area is 144 Å². The summed E-state index contributed by atoms with van der Waals surface area (Å²) in [5.41, 5.74) is 2.93. The van der Waals surface area contributed by atoms with Crippen LogP contribution < -0.4 is 5.32 Å². The van der Waals surface area contributed by atoms with E-state index in [0.29, 0.717) is 17.7 Å². The molecule has 124 valence electrons. The van der Waals surface area contributed by atoms with Gasteiger partial charge >= 0.3 is 5.97 Å². The zero-order chi connectivity index (χ0) is 17.2. The summed E-state index contributed by atoms with van der Waals surface area (Å²) in [7, 11) is 0. The van der Waals surface area contributed by atoms with Gasteiger partial charge in [0.2, 0.25) is 0 Å². The van der Waals surface area contributed by atoms with Gasteiger partial charge in [0.1, 0.15) is 0 Å². The third-order valence-electron chi connectivity index (χ3n) is 4.12. The smallest absolute Gasteiger partial charge is 0.339 e. The Bertz CT molecular complexity index is 917. The molecule has 1 N–H and O–H groups in total. The Balaban J connectivity index is 1.47. The molecule has 1 aliphatic rings. The summed E-state index contributed by atoms with van der Waals surface area (Å²) in [6.07, 6.45) is 4.79. The largest absolute Gasteiger partial charge is 0.448 e. The van der Waals surface area contributed by atoms with Crippen molar-refractivity contribution in [2.75, 3.05) is 5.32 Å². The number of carbonyl (C=O) groups is 2. The minimum Gasteiger partial charge on any atom is -0.448 e. The first-order valence-corrected chi connectivity index (χ1v) is 7.89. The fourth-order valence-corrected chi connectivity index (χ4v) is 2.83. The second-order valence-electron chi connectivity index (χ2n) is 5.76. The number of cyclic esters (lactones) is 1. The number of fused-ring (bicyclic) bond motifs is 1. The summed E-state index contributed by atoms with van der Waals surface area (Å²) < 4.78 is 7.13. The number of carbonyl (C=O) groups excluding carboxylic acids is 2. The summed E-state index contributed by atoms with van der Waals surface area (Å²) >= 11 is 0. The second-order valence-corrected chi connectivity index (χ2v) is 5.76. The lowest BCUT2D eigenvalue weighted by molar-refractivity contribution is -0.125. The van der Waals surface area contributed by atoms with Gasteiger partial charge < -0.3 is 14.6 Å². The van der Waals surface area contributed by atoms with Crippen molar-refractivity contribution in [1.82, 2.24) is 9.55 Å². The lowest BCUT2D eigenvalue weighted by Crippen LogP contribution is -2.37. The van der Waals surface area contributed by atoms with E-state index in [1.807, 2.05) is 35.0 Å². The molecule has 25 heavy (non-hydrogen) atoms. The van der Waals surface area contributed by atoms with Crippen LogP contribution >= 0.6 is 0 Å². The number of ether oxygens (including phenoxy) is 1. The van der Waals surface area contributed by atoms with Gasteiger partial charge in [-0.15, -0.1) is 0 Å². The average Bonchev–Trinajstić information content (AvgIpc) is 3.17. The summed E-state index contributed by atoms with van der Waals surface area (Å²) in [5.74, 6) is -0.796. The normalized spacial score (nSPS) is 16.0. The van der Waals surface area contributed by atoms with E-state index in [2.05, 4.69) is 10.3 Å². The Morgan fingerprint density at radius 1 is 1.16 bits per heavy atom. The highest BCUT2D eigenvalue weighted by Gasteiger charge is 2.30. The summed E-state index contributed by atoms with van der Waals surface area (Å²) in [6, 6.07) is 14.5. The predicted octanol–water partition coefficient (Wildman–Crippen LogP) is 2.59. The highest BCUT2D eigenvalue weighted by molar-refractivity contribution is 6.00. The lowest BCUT2D eigenvalue weighted by Gasteiger charge is -2.23. The van der Waals surface area contributed by atoms with E-state index in [4.69, 9.17) is 4.74 Å². The van der Waals surface area contributed by atoms with Crippen molar-refractivity contribution in [1.29, 1.82) is 0 Å². The fourth-order valence-electron chi connectivity index (χ4n) is 2.83. The molecule has 0 saturated carbocycles. The molecular weight excluding hydrogens is 318 g/mol. The molecule has 0 fully saturated rings. The molecule has 1 unspecified atom stereocenters. The van der Waals surface area contributed by atoms with Crippen molar-refractivity contribution in [3.05, 3.63) is 78.4 Å². The number of rotatable bonds is 3. The zero-order valence-corrected chi connectivity index (χ0v) is 13.3. The molecule has 0 bridgehead atoms. The Morgan fingerprint density at radius 2 is 1.96 bits per heavy atom. The zero-order valence-electron chi connectivity index (χ0n) is 13.3. The van der Waals surface area contributed by atoms with Gasteiger partial charge in [-0.1, -0.05) is 18.2 Å². The van der Waals surface area contributed by atoms with Crippen LogP contribution in [0.1, 0.15) is 15.9 Å². The number of hydrogen-bond acceptors (Lipinski definition) is 4. The minimum atomic E-state index is -0.823. The van der Waals surface area contributed by atoms with E-state index in [1.165, 1.54) is 0 Å². The SMILES string of the molecule is O=C1OC(C(=O)Nc2ccc(-n3ccnc3)cc2)Cc2ccccc21. The summed E-state index contributed by atoms with van der Waals surface area (Å²) in [4.78, 5) is 28.5. The molecule has 0 saturated heterocycles. The molecule has 2 heterocycles. The van der Waals surface area contributed by atoms with Gasteiger partial charge in [-0.2, -0.15) is 0 Å². The highest BCUT2D eigenvalue weighted by Crippen LogP contribution is 2.22. The highest BCUT2D eigenvalue weighted by atomic mass is 16.5. The number of nitrogens with zero attached hydrogens (tertiary/aromatic N) is 2. The predicted molar refractivity (Wildman–Crippen MR) is 91.5 cm³/mol. The number of amides is 1. The van der Waals surface area contributed by atoms with Gasteiger partial charge in [0.05, 0.1) is 11.9 Å². The van der Waals surface area contributed by atoms with Gasteiger partial charge in [0.15, 0.2) is 6.10 Å². The van der Waals surface area contributed by atoms with E-state index in [0.717, 1.165) is 11.3 Å². The third kappa shape index (κ3) is 3.01. The molecule has 0 spiro atoms. The van der Waals surface area contributed by atoms with Gasteiger partial charge in [-0.25, -0.2) is 9.78 Å². The lowest BCUT2D eigenvalue weighted by atomic mass is 9.98.